The van der Waals surface area contributed by atoms with Gasteiger partial charge < -0.3 is 5.32 Å². The van der Waals surface area contributed by atoms with Gasteiger partial charge in [0.1, 0.15) is 0 Å². The fourth-order valence-corrected chi connectivity index (χ4v) is 2.69. The van der Waals surface area contributed by atoms with Gasteiger partial charge in [0.15, 0.2) is 0 Å². The summed E-state index contributed by atoms with van der Waals surface area (Å²) in [5.41, 5.74) is 0. The molecule has 1 aliphatic carbocycles. The first kappa shape index (κ1) is 15.5. The number of hydrogen-bond acceptors (Lipinski definition) is 1. The molecule has 0 atom stereocenters. The highest BCUT2D eigenvalue weighted by Gasteiger charge is 2.18. The van der Waals surface area contributed by atoms with Gasteiger partial charge >= 0.3 is 0 Å². The van der Waals surface area contributed by atoms with Gasteiger partial charge in [0.05, 0.1) is 0 Å². The third-order valence-corrected chi connectivity index (χ3v) is 4.02. The number of benzene rings is 1. The normalized spacial score (nSPS) is 23.1. The van der Waals surface area contributed by atoms with Crippen LogP contribution in [0.5, 0.6) is 0 Å². The summed E-state index contributed by atoms with van der Waals surface area (Å²) in [6.07, 6.45) is 7.26. The Hall–Kier alpha value is -0.530. The Balaban J connectivity index is 0.000000199. The van der Waals surface area contributed by atoms with Crippen LogP contribution in [-0.4, -0.2) is 13.6 Å². The minimum Gasteiger partial charge on any atom is -0.319 e. The van der Waals surface area contributed by atoms with Gasteiger partial charge in [-0.25, -0.2) is 0 Å². The average Bonchev–Trinajstić information content (AvgIpc) is 2.42. The first-order valence-electron chi connectivity index (χ1n) is 7.11. The lowest BCUT2D eigenvalue weighted by molar-refractivity contribution is 0.266. The molecular formula is C16H26ClN. The Morgan fingerprint density at radius 1 is 1.06 bits per heavy atom. The van der Waals surface area contributed by atoms with Crippen LogP contribution in [0.1, 0.15) is 39.0 Å². The summed E-state index contributed by atoms with van der Waals surface area (Å²) >= 11 is 5.54. The first-order chi connectivity index (χ1) is 8.76. The fraction of sp³-hybridized carbons (Fsp3) is 0.625. The van der Waals surface area contributed by atoms with Crippen molar-refractivity contribution >= 4 is 11.6 Å². The van der Waals surface area contributed by atoms with E-state index >= 15 is 0 Å². The van der Waals surface area contributed by atoms with E-state index in [9.17, 15) is 0 Å². The molecule has 2 heteroatoms. The van der Waals surface area contributed by atoms with Gasteiger partial charge in [0, 0.05) is 5.02 Å². The van der Waals surface area contributed by atoms with E-state index in [1.54, 1.807) is 0 Å². The van der Waals surface area contributed by atoms with Crippen LogP contribution in [0.2, 0.25) is 5.02 Å². The SMILES string of the molecule is CCC1CCC(CNC)CC1.Clc1ccccc1. The summed E-state index contributed by atoms with van der Waals surface area (Å²) in [4.78, 5) is 0. The Morgan fingerprint density at radius 3 is 2.00 bits per heavy atom. The van der Waals surface area contributed by atoms with Gasteiger partial charge in [0.2, 0.25) is 0 Å². The molecule has 0 aromatic heterocycles. The Kier molecular flexibility index (Phi) is 8.11. The maximum Gasteiger partial charge on any atom is 0.0405 e. The summed E-state index contributed by atoms with van der Waals surface area (Å²) in [6, 6.07) is 9.44. The van der Waals surface area contributed by atoms with Crippen molar-refractivity contribution in [2.24, 2.45) is 11.8 Å². The molecular weight excluding hydrogens is 242 g/mol. The molecule has 1 aromatic carbocycles. The highest BCUT2D eigenvalue weighted by Crippen LogP contribution is 2.29. The average molecular weight is 268 g/mol. The number of halogens is 1. The number of rotatable bonds is 3. The van der Waals surface area contributed by atoms with E-state index in [4.69, 9.17) is 11.6 Å². The minimum atomic E-state index is 0.794. The molecule has 102 valence electrons. The standard InChI is InChI=1S/C10H21N.C6H5Cl/c1-3-9-4-6-10(7-5-9)8-11-2;7-6-4-2-1-3-5-6/h9-11H,3-8H2,1-2H3;1-5H. The number of nitrogens with one attached hydrogen (secondary N) is 1. The second kappa shape index (κ2) is 9.41. The molecule has 1 nitrogen and oxygen atoms in total. The molecule has 0 aliphatic heterocycles. The summed E-state index contributed by atoms with van der Waals surface area (Å²) in [5.74, 6) is 2.02. The predicted molar refractivity (Wildman–Crippen MR) is 81.1 cm³/mol. The van der Waals surface area contributed by atoms with Crippen molar-refractivity contribution in [2.75, 3.05) is 13.6 Å². The first-order valence-corrected chi connectivity index (χ1v) is 7.49. The molecule has 1 N–H and O–H groups in total. The molecule has 0 amide bonds. The van der Waals surface area contributed by atoms with E-state index < -0.39 is 0 Å². The lowest BCUT2D eigenvalue weighted by Crippen LogP contribution is -2.23. The van der Waals surface area contributed by atoms with Gasteiger partial charge in [-0.05, 0) is 50.4 Å². The zero-order valence-corrected chi connectivity index (χ0v) is 12.4. The van der Waals surface area contributed by atoms with Crippen LogP contribution in [-0.2, 0) is 0 Å². The van der Waals surface area contributed by atoms with Crippen molar-refractivity contribution < 1.29 is 0 Å². The van der Waals surface area contributed by atoms with Gasteiger partial charge in [-0.15, -0.1) is 0 Å². The van der Waals surface area contributed by atoms with E-state index in [2.05, 4.69) is 19.3 Å². The summed E-state index contributed by atoms with van der Waals surface area (Å²) in [7, 11) is 2.06. The highest BCUT2D eigenvalue weighted by molar-refractivity contribution is 6.30. The maximum atomic E-state index is 5.54. The van der Waals surface area contributed by atoms with Gasteiger partial charge in [-0.3, -0.25) is 0 Å². The second-order valence-corrected chi connectivity index (χ2v) is 5.58. The van der Waals surface area contributed by atoms with Crippen molar-refractivity contribution in [1.82, 2.24) is 5.32 Å². The van der Waals surface area contributed by atoms with E-state index in [1.807, 2.05) is 30.3 Å². The minimum absolute atomic E-state index is 0.794. The molecule has 1 fully saturated rings. The topological polar surface area (TPSA) is 12.0 Å². The second-order valence-electron chi connectivity index (χ2n) is 5.15. The quantitative estimate of drug-likeness (QED) is 0.832. The van der Waals surface area contributed by atoms with Crippen LogP contribution in [0, 0.1) is 11.8 Å². The molecule has 2 rings (SSSR count). The molecule has 1 saturated carbocycles. The summed E-state index contributed by atoms with van der Waals surface area (Å²) in [5, 5.41) is 4.06. The van der Waals surface area contributed by atoms with Crippen LogP contribution in [0.3, 0.4) is 0 Å². The maximum absolute atomic E-state index is 5.54. The van der Waals surface area contributed by atoms with Gasteiger partial charge in [-0.1, -0.05) is 56.0 Å². The van der Waals surface area contributed by atoms with Crippen LogP contribution >= 0.6 is 11.6 Å². The van der Waals surface area contributed by atoms with E-state index in [1.165, 1.54) is 38.6 Å². The lowest BCUT2D eigenvalue weighted by Gasteiger charge is -2.27. The van der Waals surface area contributed by atoms with Gasteiger partial charge in [0.25, 0.3) is 0 Å². The van der Waals surface area contributed by atoms with E-state index in [0.717, 1.165) is 16.9 Å². The Bertz CT molecular complexity index is 291. The van der Waals surface area contributed by atoms with Crippen molar-refractivity contribution in [3.05, 3.63) is 35.4 Å². The van der Waals surface area contributed by atoms with Crippen LogP contribution in [0.25, 0.3) is 0 Å². The molecule has 0 heterocycles. The summed E-state index contributed by atoms with van der Waals surface area (Å²) < 4.78 is 0. The predicted octanol–water partition coefficient (Wildman–Crippen LogP) is 4.76. The fourth-order valence-electron chi connectivity index (χ4n) is 2.55. The van der Waals surface area contributed by atoms with Crippen molar-refractivity contribution in [3.8, 4) is 0 Å². The third kappa shape index (κ3) is 6.42. The van der Waals surface area contributed by atoms with E-state index in [-0.39, 0.29) is 0 Å². The molecule has 1 aliphatic rings. The smallest absolute Gasteiger partial charge is 0.0405 e. The number of hydrogen-bond donors (Lipinski definition) is 1. The van der Waals surface area contributed by atoms with Crippen molar-refractivity contribution in [2.45, 2.75) is 39.0 Å². The van der Waals surface area contributed by atoms with Crippen molar-refractivity contribution in [1.29, 1.82) is 0 Å². The third-order valence-electron chi connectivity index (χ3n) is 3.77. The largest absolute Gasteiger partial charge is 0.319 e. The summed E-state index contributed by atoms with van der Waals surface area (Å²) in [6.45, 7) is 3.56. The monoisotopic (exact) mass is 267 g/mol. The molecule has 1 aromatic rings. The molecule has 18 heavy (non-hydrogen) atoms. The van der Waals surface area contributed by atoms with Crippen LogP contribution in [0.4, 0.5) is 0 Å². The lowest BCUT2D eigenvalue weighted by atomic mass is 9.81. The Morgan fingerprint density at radius 2 is 1.61 bits per heavy atom. The molecule has 0 radical (unpaired) electrons. The molecule has 0 bridgehead atoms. The van der Waals surface area contributed by atoms with Crippen LogP contribution in [0.15, 0.2) is 30.3 Å². The molecule has 0 saturated heterocycles. The zero-order valence-electron chi connectivity index (χ0n) is 11.7. The molecule has 0 unspecified atom stereocenters. The Labute approximate surface area is 117 Å². The van der Waals surface area contributed by atoms with Gasteiger partial charge in [-0.2, -0.15) is 0 Å². The van der Waals surface area contributed by atoms with Crippen LogP contribution < -0.4 is 5.32 Å². The molecule has 0 spiro atoms. The van der Waals surface area contributed by atoms with E-state index in [0.29, 0.717) is 0 Å². The zero-order chi connectivity index (χ0) is 13.2. The van der Waals surface area contributed by atoms with Crippen molar-refractivity contribution in [3.63, 3.8) is 0 Å². The highest BCUT2D eigenvalue weighted by atomic mass is 35.5.